The fourth-order valence-electron chi connectivity index (χ4n) is 1.69. The number of benzene rings is 1. The summed E-state index contributed by atoms with van der Waals surface area (Å²) >= 11 is 0. The number of hydrogen-bond acceptors (Lipinski definition) is 2. The van der Waals surface area contributed by atoms with Gasteiger partial charge < -0.3 is 9.84 Å². The fraction of sp³-hybridized carbons (Fsp3) is 0.417. The van der Waals surface area contributed by atoms with E-state index in [1.165, 1.54) is 12.1 Å². The van der Waals surface area contributed by atoms with Crippen LogP contribution in [0.5, 0.6) is 5.75 Å². The molecule has 0 aliphatic rings. The van der Waals surface area contributed by atoms with E-state index in [1.807, 2.05) is 0 Å². The zero-order valence-corrected chi connectivity index (χ0v) is 9.86. The molecule has 1 aromatic carbocycles. The molecule has 0 saturated carbocycles. The van der Waals surface area contributed by atoms with Crippen LogP contribution in [0.3, 0.4) is 0 Å². The first-order valence-corrected chi connectivity index (χ1v) is 5.29. The van der Waals surface area contributed by atoms with Crippen LogP contribution < -0.4 is 4.74 Å². The van der Waals surface area contributed by atoms with E-state index in [-0.39, 0.29) is 11.7 Å². The number of carbonyl (C=O) groups is 1. The van der Waals surface area contributed by atoms with Gasteiger partial charge in [0, 0.05) is 0 Å². The van der Waals surface area contributed by atoms with Crippen molar-refractivity contribution in [3.63, 3.8) is 0 Å². The Hall–Kier alpha value is -1.72. The van der Waals surface area contributed by atoms with Crippen molar-refractivity contribution in [3.8, 4) is 5.75 Å². The van der Waals surface area contributed by atoms with Gasteiger partial charge in [-0.3, -0.25) is 4.79 Å². The molecule has 0 aromatic heterocycles. The zero-order chi connectivity index (χ0) is 13.9. The number of hydrogen-bond donors (Lipinski definition) is 1. The molecule has 0 aliphatic heterocycles. The van der Waals surface area contributed by atoms with E-state index < -0.39 is 18.2 Å². The third-order valence-corrected chi connectivity index (χ3v) is 2.41. The maximum atomic E-state index is 11.9. The largest absolute Gasteiger partial charge is 0.573 e. The highest BCUT2D eigenvalue weighted by atomic mass is 19.4. The fourth-order valence-corrected chi connectivity index (χ4v) is 1.69. The van der Waals surface area contributed by atoms with Crippen molar-refractivity contribution in [1.29, 1.82) is 0 Å². The van der Waals surface area contributed by atoms with Crippen molar-refractivity contribution in [3.05, 3.63) is 29.8 Å². The topological polar surface area (TPSA) is 46.5 Å². The molecule has 1 atom stereocenters. The SMILES string of the molecule is CC(C)C(C(=O)O)c1ccc(OC(F)(F)F)cc1. The van der Waals surface area contributed by atoms with Crippen LogP contribution in [0.2, 0.25) is 0 Å². The summed E-state index contributed by atoms with van der Waals surface area (Å²) in [6, 6.07) is 4.89. The summed E-state index contributed by atoms with van der Waals surface area (Å²) in [5.41, 5.74) is 0.451. The Kier molecular flexibility index (Phi) is 4.21. The molecule has 1 N–H and O–H groups in total. The molecule has 0 radical (unpaired) electrons. The number of ether oxygens (including phenoxy) is 1. The second-order valence-electron chi connectivity index (χ2n) is 4.18. The standard InChI is InChI=1S/C12H13F3O3/c1-7(2)10(11(16)17)8-3-5-9(6-4-8)18-12(13,14)15/h3-7,10H,1-2H3,(H,16,17). The van der Waals surface area contributed by atoms with Crippen LogP contribution in [-0.4, -0.2) is 17.4 Å². The van der Waals surface area contributed by atoms with E-state index in [1.54, 1.807) is 13.8 Å². The number of alkyl halides is 3. The molecular formula is C12H13F3O3. The summed E-state index contributed by atoms with van der Waals surface area (Å²) in [7, 11) is 0. The highest BCUT2D eigenvalue weighted by Crippen LogP contribution is 2.28. The van der Waals surface area contributed by atoms with E-state index in [0.717, 1.165) is 12.1 Å². The lowest BCUT2D eigenvalue weighted by Gasteiger charge is -2.17. The Balaban J connectivity index is 2.91. The molecule has 6 heteroatoms. The number of carboxylic acid groups (broad SMARTS) is 1. The molecule has 0 bridgehead atoms. The van der Waals surface area contributed by atoms with Gasteiger partial charge >= 0.3 is 12.3 Å². The predicted octanol–water partition coefficient (Wildman–Crippen LogP) is 3.41. The minimum absolute atomic E-state index is 0.156. The van der Waals surface area contributed by atoms with Gasteiger partial charge in [-0.2, -0.15) is 0 Å². The molecule has 0 aliphatic carbocycles. The summed E-state index contributed by atoms with van der Waals surface area (Å²) in [5, 5.41) is 9.04. The second kappa shape index (κ2) is 5.29. The van der Waals surface area contributed by atoms with Gasteiger partial charge in [0.1, 0.15) is 5.75 Å². The minimum atomic E-state index is -4.74. The number of carboxylic acids is 1. The summed E-state index contributed by atoms with van der Waals surface area (Å²) in [5.74, 6) is -2.27. The maximum absolute atomic E-state index is 11.9. The van der Waals surface area contributed by atoms with Crippen LogP contribution in [0.4, 0.5) is 13.2 Å². The van der Waals surface area contributed by atoms with Crippen LogP contribution in [0.1, 0.15) is 25.3 Å². The Morgan fingerprint density at radius 1 is 1.22 bits per heavy atom. The van der Waals surface area contributed by atoms with Gasteiger partial charge in [-0.15, -0.1) is 13.2 Å². The summed E-state index contributed by atoms with van der Waals surface area (Å²) in [6.07, 6.45) is -4.74. The molecule has 100 valence electrons. The smallest absolute Gasteiger partial charge is 0.481 e. The van der Waals surface area contributed by atoms with Crippen LogP contribution in [0.25, 0.3) is 0 Å². The van der Waals surface area contributed by atoms with E-state index >= 15 is 0 Å². The highest BCUT2D eigenvalue weighted by Gasteiger charge is 2.31. The molecule has 0 fully saturated rings. The van der Waals surface area contributed by atoms with E-state index in [0.29, 0.717) is 5.56 Å². The Labute approximate surface area is 102 Å². The molecule has 0 saturated heterocycles. The van der Waals surface area contributed by atoms with E-state index in [2.05, 4.69) is 4.74 Å². The maximum Gasteiger partial charge on any atom is 0.573 e. The van der Waals surface area contributed by atoms with Gasteiger partial charge in [0.2, 0.25) is 0 Å². The van der Waals surface area contributed by atoms with Gasteiger partial charge in [-0.25, -0.2) is 0 Å². The molecule has 0 heterocycles. The average Bonchev–Trinajstić information content (AvgIpc) is 2.17. The van der Waals surface area contributed by atoms with Gasteiger partial charge in [0.05, 0.1) is 5.92 Å². The van der Waals surface area contributed by atoms with Crippen LogP contribution in [-0.2, 0) is 4.79 Å². The molecule has 0 spiro atoms. The predicted molar refractivity (Wildman–Crippen MR) is 58.3 cm³/mol. The molecule has 3 nitrogen and oxygen atoms in total. The molecule has 1 rings (SSSR count). The normalized spacial score (nSPS) is 13.4. The van der Waals surface area contributed by atoms with Crippen molar-refractivity contribution >= 4 is 5.97 Å². The minimum Gasteiger partial charge on any atom is -0.481 e. The number of halogens is 3. The lowest BCUT2D eigenvalue weighted by molar-refractivity contribution is -0.274. The lowest BCUT2D eigenvalue weighted by atomic mass is 9.88. The quantitative estimate of drug-likeness (QED) is 0.904. The second-order valence-corrected chi connectivity index (χ2v) is 4.18. The Morgan fingerprint density at radius 2 is 1.72 bits per heavy atom. The first-order valence-electron chi connectivity index (χ1n) is 5.29. The third kappa shape index (κ3) is 3.94. The number of rotatable bonds is 4. The first kappa shape index (κ1) is 14.3. The van der Waals surface area contributed by atoms with Crippen molar-refractivity contribution in [1.82, 2.24) is 0 Å². The van der Waals surface area contributed by atoms with Gasteiger partial charge in [-0.05, 0) is 23.6 Å². The van der Waals surface area contributed by atoms with Crippen LogP contribution in [0.15, 0.2) is 24.3 Å². The average molecular weight is 262 g/mol. The first-order chi connectivity index (χ1) is 8.20. The lowest BCUT2D eigenvalue weighted by Crippen LogP contribution is -2.18. The van der Waals surface area contributed by atoms with Crippen molar-refractivity contribution in [2.75, 3.05) is 0 Å². The van der Waals surface area contributed by atoms with Crippen molar-refractivity contribution in [2.45, 2.75) is 26.1 Å². The van der Waals surface area contributed by atoms with Crippen molar-refractivity contribution < 1.29 is 27.8 Å². The molecule has 18 heavy (non-hydrogen) atoms. The molecule has 1 unspecified atom stereocenters. The summed E-state index contributed by atoms with van der Waals surface area (Å²) in [6.45, 7) is 3.47. The molecule has 0 amide bonds. The van der Waals surface area contributed by atoms with E-state index in [4.69, 9.17) is 5.11 Å². The zero-order valence-electron chi connectivity index (χ0n) is 9.86. The molecule has 1 aromatic rings. The third-order valence-electron chi connectivity index (χ3n) is 2.41. The number of aliphatic carboxylic acids is 1. The monoisotopic (exact) mass is 262 g/mol. The van der Waals surface area contributed by atoms with Gasteiger partial charge in [-0.1, -0.05) is 26.0 Å². The van der Waals surface area contributed by atoms with E-state index in [9.17, 15) is 18.0 Å². The summed E-state index contributed by atoms with van der Waals surface area (Å²) < 4.78 is 39.5. The van der Waals surface area contributed by atoms with Gasteiger partial charge in [0.15, 0.2) is 0 Å². The van der Waals surface area contributed by atoms with Crippen LogP contribution >= 0.6 is 0 Å². The summed E-state index contributed by atoms with van der Waals surface area (Å²) in [4.78, 5) is 11.0. The van der Waals surface area contributed by atoms with Crippen molar-refractivity contribution in [2.24, 2.45) is 5.92 Å². The molecular weight excluding hydrogens is 249 g/mol. The Morgan fingerprint density at radius 3 is 2.06 bits per heavy atom. The highest BCUT2D eigenvalue weighted by molar-refractivity contribution is 5.76. The van der Waals surface area contributed by atoms with Crippen LogP contribution in [0, 0.1) is 5.92 Å². The Bertz CT molecular complexity index is 410. The van der Waals surface area contributed by atoms with Gasteiger partial charge in [0.25, 0.3) is 0 Å².